The fraction of sp³-hybridized carbons (Fsp3) is 0.538. The summed E-state index contributed by atoms with van der Waals surface area (Å²) in [6, 6.07) is 1.50. The molecule has 0 aliphatic carbocycles. The zero-order valence-corrected chi connectivity index (χ0v) is 13.6. The van der Waals surface area contributed by atoms with Crippen molar-refractivity contribution in [3.05, 3.63) is 28.2 Å². The Balaban J connectivity index is 1.88. The highest BCUT2D eigenvalue weighted by Gasteiger charge is 2.40. The molecule has 1 N–H and O–H groups in total. The van der Waals surface area contributed by atoms with E-state index in [9.17, 15) is 17.2 Å². The van der Waals surface area contributed by atoms with Gasteiger partial charge in [-0.3, -0.25) is 4.90 Å². The number of benzene rings is 1. The van der Waals surface area contributed by atoms with Crippen molar-refractivity contribution in [2.45, 2.75) is 36.2 Å². The highest BCUT2D eigenvalue weighted by molar-refractivity contribution is 9.10. The molecule has 4 nitrogen and oxygen atoms in total. The minimum Gasteiger partial charge on any atom is -0.299 e. The van der Waals surface area contributed by atoms with Crippen molar-refractivity contribution in [1.82, 2.24) is 9.62 Å². The van der Waals surface area contributed by atoms with E-state index in [1.807, 2.05) is 0 Å². The minimum atomic E-state index is -4.03. The lowest BCUT2D eigenvalue weighted by Gasteiger charge is -2.21. The van der Waals surface area contributed by atoms with Gasteiger partial charge in [-0.1, -0.05) is 0 Å². The summed E-state index contributed by atoms with van der Waals surface area (Å²) in [4.78, 5) is 1.73. The van der Waals surface area contributed by atoms with E-state index in [1.54, 1.807) is 0 Å². The first-order chi connectivity index (χ1) is 9.88. The van der Waals surface area contributed by atoms with Gasteiger partial charge in [-0.15, -0.1) is 0 Å². The number of hydrogen-bond acceptors (Lipinski definition) is 3. The Hall–Kier alpha value is -0.570. The Bertz CT molecular complexity index is 645. The molecule has 2 aliphatic rings. The van der Waals surface area contributed by atoms with Crippen LogP contribution in [0.25, 0.3) is 0 Å². The first-order valence-corrected chi connectivity index (χ1v) is 9.07. The maximum absolute atomic E-state index is 13.8. The van der Waals surface area contributed by atoms with Crippen molar-refractivity contribution in [2.75, 3.05) is 13.1 Å². The van der Waals surface area contributed by atoms with Crippen molar-refractivity contribution < 1.29 is 17.2 Å². The maximum atomic E-state index is 13.8. The predicted octanol–water partition coefficient (Wildman–Crippen LogP) is 2.24. The number of fused-ring (bicyclic) bond motifs is 1. The normalized spacial score (nSPS) is 26.2. The molecule has 0 aromatic heterocycles. The molecule has 21 heavy (non-hydrogen) atoms. The van der Waals surface area contributed by atoms with Crippen molar-refractivity contribution >= 4 is 26.0 Å². The standard InChI is InChI=1S/C13H15BrF2N2O2S/c14-9-6-8(15)7-10(16)13(9)21(19,20)17-11-3-5-18-4-1-2-12(11)18/h6-7,11-12,17H,1-5H2. The molecule has 0 amide bonds. The molecule has 1 aromatic carbocycles. The van der Waals surface area contributed by atoms with E-state index < -0.39 is 26.6 Å². The molecule has 0 bridgehead atoms. The Morgan fingerprint density at radius 1 is 1.24 bits per heavy atom. The van der Waals surface area contributed by atoms with Crippen LogP contribution in [-0.4, -0.2) is 38.5 Å². The monoisotopic (exact) mass is 380 g/mol. The molecule has 2 saturated heterocycles. The van der Waals surface area contributed by atoms with Crippen LogP contribution in [0.2, 0.25) is 0 Å². The van der Waals surface area contributed by atoms with E-state index in [2.05, 4.69) is 25.6 Å². The first-order valence-electron chi connectivity index (χ1n) is 6.79. The van der Waals surface area contributed by atoms with Crippen molar-refractivity contribution in [1.29, 1.82) is 0 Å². The molecule has 116 valence electrons. The number of rotatable bonds is 3. The van der Waals surface area contributed by atoms with Gasteiger partial charge in [0.15, 0.2) is 0 Å². The first kappa shape index (κ1) is 15.3. The van der Waals surface area contributed by atoms with Crippen LogP contribution >= 0.6 is 15.9 Å². The highest BCUT2D eigenvalue weighted by Crippen LogP contribution is 2.31. The fourth-order valence-electron chi connectivity index (χ4n) is 3.26. The SMILES string of the molecule is O=S(=O)(NC1CCN2CCCC12)c1c(F)cc(F)cc1Br. The van der Waals surface area contributed by atoms with E-state index in [-0.39, 0.29) is 16.6 Å². The highest BCUT2D eigenvalue weighted by atomic mass is 79.9. The average Bonchev–Trinajstić information content (AvgIpc) is 2.92. The van der Waals surface area contributed by atoms with E-state index in [0.29, 0.717) is 12.5 Å². The van der Waals surface area contributed by atoms with Crippen molar-refractivity contribution in [2.24, 2.45) is 0 Å². The van der Waals surface area contributed by atoms with E-state index >= 15 is 0 Å². The van der Waals surface area contributed by atoms with Gasteiger partial charge in [0.1, 0.15) is 16.5 Å². The average molecular weight is 381 g/mol. The minimum absolute atomic E-state index is 0.103. The molecule has 0 spiro atoms. The van der Waals surface area contributed by atoms with Crippen LogP contribution in [-0.2, 0) is 10.0 Å². The molecule has 2 aliphatic heterocycles. The number of hydrogen-bond donors (Lipinski definition) is 1. The molecule has 2 atom stereocenters. The Kier molecular flexibility index (Phi) is 4.06. The molecule has 2 unspecified atom stereocenters. The maximum Gasteiger partial charge on any atom is 0.244 e. The van der Waals surface area contributed by atoms with Crippen LogP contribution in [0.4, 0.5) is 8.78 Å². The molecule has 1 aromatic rings. The summed E-state index contributed by atoms with van der Waals surface area (Å²) in [6.45, 7) is 1.84. The van der Waals surface area contributed by atoms with Gasteiger partial charge in [-0.05, 0) is 47.8 Å². The largest absolute Gasteiger partial charge is 0.299 e. The van der Waals surface area contributed by atoms with Gasteiger partial charge >= 0.3 is 0 Å². The third-order valence-electron chi connectivity index (χ3n) is 4.14. The summed E-state index contributed by atoms with van der Waals surface area (Å²) in [6.07, 6.45) is 2.71. The van der Waals surface area contributed by atoms with Crippen molar-refractivity contribution in [3.63, 3.8) is 0 Å². The summed E-state index contributed by atoms with van der Waals surface area (Å²) in [7, 11) is -4.03. The number of sulfonamides is 1. The van der Waals surface area contributed by atoms with Gasteiger partial charge in [0, 0.05) is 29.2 Å². The van der Waals surface area contributed by atoms with E-state index in [4.69, 9.17) is 0 Å². The molecular formula is C13H15BrF2N2O2S. The van der Waals surface area contributed by atoms with Crippen molar-refractivity contribution in [3.8, 4) is 0 Å². The van der Waals surface area contributed by atoms with Crippen LogP contribution in [0.1, 0.15) is 19.3 Å². The van der Waals surface area contributed by atoms with Crippen LogP contribution in [0.5, 0.6) is 0 Å². The van der Waals surface area contributed by atoms with Crippen LogP contribution < -0.4 is 4.72 Å². The molecular weight excluding hydrogens is 366 g/mol. The van der Waals surface area contributed by atoms with Gasteiger partial charge < -0.3 is 0 Å². The summed E-state index contributed by atoms with van der Waals surface area (Å²) < 4.78 is 54.2. The summed E-state index contributed by atoms with van der Waals surface area (Å²) in [5.41, 5.74) is 0. The molecule has 2 fully saturated rings. The smallest absolute Gasteiger partial charge is 0.244 e. The number of nitrogens with zero attached hydrogens (tertiary/aromatic N) is 1. The molecule has 3 rings (SSSR count). The second-order valence-corrected chi connectivity index (χ2v) is 7.97. The van der Waals surface area contributed by atoms with Gasteiger partial charge in [-0.2, -0.15) is 0 Å². The predicted molar refractivity (Wildman–Crippen MR) is 77.4 cm³/mol. The lowest BCUT2D eigenvalue weighted by atomic mass is 10.1. The van der Waals surface area contributed by atoms with E-state index in [0.717, 1.165) is 32.0 Å². The van der Waals surface area contributed by atoms with E-state index in [1.165, 1.54) is 0 Å². The van der Waals surface area contributed by atoms with Gasteiger partial charge in [0.05, 0.1) is 0 Å². The lowest BCUT2D eigenvalue weighted by Crippen LogP contribution is -2.42. The Morgan fingerprint density at radius 3 is 2.71 bits per heavy atom. The molecule has 0 saturated carbocycles. The lowest BCUT2D eigenvalue weighted by molar-refractivity contribution is 0.308. The zero-order chi connectivity index (χ0) is 15.2. The van der Waals surface area contributed by atoms with Crippen LogP contribution in [0, 0.1) is 11.6 Å². The van der Waals surface area contributed by atoms with Gasteiger partial charge in [0.25, 0.3) is 0 Å². The molecule has 2 heterocycles. The second kappa shape index (κ2) is 5.57. The fourth-order valence-corrected chi connectivity index (χ4v) is 5.73. The summed E-state index contributed by atoms with van der Waals surface area (Å²) >= 11 is 2.93. The summed E-state index contributed by atoms with van der Waals surface area (Å²) in [5, 5.41) is 0. The quantitative estimate of drug-likeness (QED) is 0.874. The third-order valence-corrected chi connectivity index (χ3v) is 6.60. The number of halogens is 3. The zero-order valence-electron chi connectivity index (χ0n) is 11.2. The topological polar surface area (TPSA) is 49.4 Å². The van der Waals surface area contributed by atoms with Gasteiger partial charge in [-0.25, -0.2) is 21.9 Å². The van der Waals surface area contributed by atoms with Crippen LogP contribution in [0.15, 0.2) is 21.5 Å². The van der Waals surface area contributed by atoms with Crippen LogP contribution in [0.3, 0.4) is 0 Å². The third kappa shape index (κ3) is 2.86. The Labute approximate surface area is 130 Å². The second-order valence-electron chi connectivity index (χ2n) is 5.46. The Morgan fingerprint density at radius 2 is 2.00 bits per heavy atom. The van der Waals surface area contributed by atoms with Gasteiger partial charge in [0.2, 0.25) is 10.0 Å². The summed E-state index contributed by atoms with van der Waals surface area (Å²) in [5.74, 6) is -1.91. The molecule has 0 radical (unpaired) electrons. The number of nitrogens with one attached hydrogen (secondary N) is 1. The molecule has 8 heteroatoms.